The number of nitrogens with one attached hydrogen (secondary N) is 1. The van der Waals surface area contributed by atoms with Crippen LogP contribution >= 0.6 is 0 Å². The maximum atomic E-state index is 10.7. The third kappa shape index (κ3) is 2.61. The molecule has 1 aliphatic carbocycles. The second-order valence-electron chi connectivity index (χ2n) is 3.38. The number of primary amides is 1. The molecule has 2 amide bonds. The van der Waals surface area contributed by atoms with Gasteiger partial charge in [-0.15, -0.1) is 0 Å². The molecule has 0 aromatic rings. The van der Waals surface area contributed by atoms with E-state index in [1.54, 1.807) is 0 Å². The summed E-state index contributed by atoms with van der Waals surface area (Å²) in [7, 11) is 0. The average molecular weight is 186 g/mol. The van der Waals surface area contributed by atoms with Crippen LogP contribution < -0.4 is 11.1 Å². The van der Waals surface area contributed by atoms with E-state index in [9.17, 15) is 9.59 Å². The summed E-state index contributed by atoms with van der Waals surface area (Å²) in [6.45, 7) is 0.381. The highest BCUT2D eigenvalue weighted by atomic mass is 16.4. The van der Waals surface area contributed by atoms with E-state index in [2.05, 4.69) is 5.32 Å². The third-order valence-electron chi connectivity index (χ3n) is 2.51. The topological polar surface area (TPSA) is 92.4 Å². The van der Waals surface area contributed by atoms with Gasteiger partial charge in [-0.2, -0.15) is 0 Å². The molecule has 5 heteroatoms. The van der Waals surface area contributed by atoms with E-state index in [1.807, 2.05) is 0 Å². The van der Waals surface area contributed by atoms with Crippen LogP contribution in [-0.2, 0) is 4.79 Å². The zero-order valence-corrected chi connectivity index (χ0v) is 7.32. The van der Waals surface area contributed by atoms with Crippen LogP contribution in [0, 0.1) is 11.8 Å². The number of carbonyl (C=O) groups is 2. The van der Waals surface area contributed by atoms with Crippen molar-refractivity contribution in [2.45, 2.75) is 19.3 Å². The van der Waals surface area contributed by atoms with Crippen LogP contribution in [0.2, 0.25) is 0 Å². The van der Waals surface area contributed by atoms with E-state index in [4.69, 9.17) is 10.8 Å². The number of aliphatic carboxylic acids is 1. The Hall–Kier alpha value is -1.26. The van der Waals surface area contributed by atoms with Crippen molar-refractivity contribution in [1.29, 1.82) is 0 Å². The van der Waals surface area contributed by atoms with Crippen LogP contribution in [-0.4, -0.2) is 23.7 Å². The lowest BCUT2D eigenvalue weighted by Crippen LogP contribution is -2.36. The van der Waals surface area contributed by atoms with Crippen molar-refractivity contribution in [3.8, 4) is 0 Å². The number of nitrogens with two attached hydrogens (primary N) is 1. The Morgan fingerprint density at radius 3 is 2.69 bits per heavy atom. The number of carboxylic acid groups (broad SMARTS) is 1. The van der Waals surface area contributed by atoms with Gasteiger partial charge in [-0.05, 0) is 18.8 Å². The number of hydrogen-bond acceptors (Lipinski definition) is 2. The van der Waals surface area contributed by atoms with Crippen molar-refractivity contribution in [3.05, 3.63) is 0 Å². The fourth-order valence-corrected chi connectivity index (χ4v) is 1.84. The predicted octanol–water partition coefficient (Wildman–Crippen LogP) is 0.156. The van der Waals surface area contributed by atoms with Crippen molar-refractivity contribution in [2.75, 3.05) is 6.54 Å². The van der Waals surface area contributed by atoms with Gasteiger partial charge in [-0.1, -0.05) is 6.42 Å². The fourth-order valence-electron chi connectivity index (χ4n) is 1.84. The minimum Gasteiger partial charge on any atom is -0.481 e. The lowest BCUT2D eigenvalue weighted by molar-refractivity contribution is -0.142. The van der Waals surface area contributed by atoms with Crippen molar-refractivity contribution >= 4 is 12.0 Å². The van der Waals surface area contributed by atoms with Gasteiger partial charge < -0.3 is 16.2 Å². The van der Waals surface area contributed by atoms with Gasteiger partial charge >= 0.3 is 12.0 Å². The zero-order valence-electron chi connectivity index (χ0n) is 7.32. The molecular weight excluding hydrogens is 172 g/mol. The van der Waals surface area contributed by atoms with Crippen molar-refractivity contribution < 1.29 is 14.7 Å². The number of urea groups is 1. The molecule has 0 spiro atoms. The zero-order chi connectivity index (χ0) is 9.84. The molecule has 2 atom stereocenters. The van der Waals surface area contributed by atoms with E-state index >= 15 is 0 Å². The molecular formula is C8H14N2O3. The Balaban J connectivity index is 2.39. The molecule has 0 radical (unpaired) electrons. The molecule has 0 aromatic heterocycles. The quantitative estimate of drug-likeness (QED) is 0.586. The molecule has 13 heavy (non-hydrogen) atoms. The van der Waals surface area contributed by atoms with Crippen LogP contribution in [0.3, 0.4) is 0 Å². The lowest BCUT2D eigenvalue weighted by atomic mass is 9.96. The molecule has 0 heterocycles. The van der Waals surface area contributed by atoms with E-state index in [0.717, 1.165) is 12.8 Å². The largest absolute Gasteiger partial charge is 0.481 e. The summed E-state index contributed by atoms with van der Waals surface area (Å²) in [5.74, 6) is -1.04. The summed E-state index contributed by atoms with van der Waals surface area (Å²) in [6, 6.07) is -0.587. The highest BCUT2D eigenvalue weighted by Crippen LogP contribution is 2.31. The number of carbonyl (C=O) groups excluding carboxylic acids is 1. The third-order valence-corrected chi connectivity index (χ3v) is 2.51. The van der Waals surface area contributed by atoms with Gasteiger partial charge in [0.15, 0.2) is 0 Å². The van der Waals surface area contributed by atoms with Gasteiger partial charge in [-0.25, -0.2) is 4.79 Å². The highest BCUT2D eigenvalue weighted by molar-refractivity contribution is 5.72. The molecule has 0 aromatic carbocycles. The Morgan fingerprint density at radius 1 is 1.46 bits per heavy atom. The summed E-state index contributed by atoms with van der Waals surface area (Å²) in [4.78, 5) is 21.1. The molecule has 74 valence electrons. The monoisotopic (exact) mass is 186 g/mol. The SMILES string of the molecule is NC(=O)NCC1CCCC1C(=O)O. The molecule has 4 N–H and O–H groups in total. The summed E-state index contributed by atoms with van der Waals surface area (Å²) in [5.41, 5.74) is 4.89. The van der Waals surface area contributed by atoms with Crippen LogP contribution in [0.5, 0.6) is 0 Å². The second-order valence-corrected chi connectivity index (χ2v) is 3.38. The van der Waals surface area contributed by atoms with Crippen LogP contribution in [0.15, 0.2) is 0 Å². The van der Waals surface area contributed by atoms with Crippen LogP contribution in [0.1, 0.15) is 19.3 Å². The summed E-state index contributed by atoms with van der Waals surface area (Å²) in [5, 5.41) is 11.3. The van der Waals surface area contributed by atoms with Gasteiger partial charge in [0.1, 0.15) is 0 Å². The molecule has 1 saturated carbocycles. The lowest BCUT2D eigenvalue weighted by Gasteiger charge is -2.14. The normalized spacial score (nSPS) is 27.1. The van der Waals surface area contributed by atoms with Gasteiger partial charge in [0.25, 0.3) is 0 Å². The van der Waals surface area contributed by atoms with Gasteiger partial charge in [0.05, 0.1) is 5.92 Å². The smallest absolute Gasteiger partial charge is 0.312 e. The average Bonchev–Trinajstić information content (AvgIpc) is 2.47. The summed E-state index contributed by atoms with van der Waals surface area (Å²) in [6.07, 6.45) is 2.49. The van der Waals surface area contributed by atoms with Crippen molar-refractivity contribution in [3.63, 3.8) is 0 Å². The molecule has 0 bridgehead atoms. The van der Waals surface area contributed by atoms with Crippen molar-refractivity contribution in [2.24, 2.45) is 17.6 Å². The summed E-state index contributed by atoms with van der Waals surface area (Å²) < 4.78 is 0. The molecule has 0 saturated heterocycles. The fraction of sp³-hybridized carbons (Fsp3) is 0.750. The van der Waals surface area contributed by atoms with E-state index in [1.165, 1.54) is 0 Å². The molecule has 1 fully saturated rings. The first-order valence-corrected chi connectivity index (χ1v) is 4.37. The summed E-state index contributed by atoms with van der Waals surface area (Å²) >= 11 is 0. The minimum absolute atomic E-state index is 0.0463. The van der Waals surface area contributed by atoms with Gasteiger partial charge in [-0.3, -0.25) is 4.79 Å². The van der Waals surface area contributed by atoms with E-state index in [0.29, 0.717) is 13.0 Å². The van der Waals surface area contributed by atoms with E-state index in [-0.39, 0.29) is 11.8 Å². The Kier molecular flexibility index (Phi) is 3.11. The van der Waals surface area contributed by atoms with Gasteiger partial charge in [0.2, 0.25) is 0 Å². The maximum absolute atomic E-state index is 10.7. The van der Waals surface area contributed by atoms with Crippen LogP contribution in [0.4, 0.5) is 4.79 Å². The van der Waals surface area contributed by atoms with Crippen LogP contribution in [0.25, 0.3) is 0 Å². The van der Waals surface area contributed by atoms with Crippen molar-refractivity contribution in [1.82, 2.24) is 5.32 Å². The Bertz CT molecular complexity index is 217. The number of rotatable bonds is 3. The Morgan fingerprint density at radius 2 is 2.15 bits per heavy atom. The van der Waals surface area contributed by atoms with Gasteiger partial charge in [0, 0.05) is 6.54 Å². The second kappa shape index (κ2) is 4.11. The number of amides is 2. The first-order valence-electron chi connectivity index (χ1n) is 4.37. The Labute approximate surface area is 76.3 Å². The molecule has 5 nitrogen and oxygen atoms in total. The number of carboxylic acids is 1. The molecule has 1 aliphatic rings. The first-order chi connectivity index (χ1) is 6.11. The van der Waals surface area contributed by atoms with E-state index < -0.39 is 12.0 Å². The minimum atomic E-state index is -0.770. The standard InChI is InChI=1S/C8H14N2O3/c9-8(13)10-4-5-2-1-3-6(5)7(11)12/h5-6H,1-4H2,(H,11,12)(H3,9,10,13). The maximum Gasteiger partial charge on any atom is 0.312 e. The highest BCUT2D eigenvalue weighted by Gasteiger charge is 2.32. The molecule has 1 rings (SSSR count). The predicted molar refractivity (Wildman–Crippen MR) is 46.1 cm³/mol. The molecule has 0 aliphatic heterocycles. The molecule has 2 unspecified atom stereocenters. The first kappa shape index (κ1) is 9.83. The number of hydrogen-bond donors (Lipinski definition) is 3.